The summed E-state index contributed by atoms with van der Waals surface area (Å²) in [6.07, 6.45) is 3.47. The van der Waals surface area contributed by atoms with E-state index in [1.165, 1.54) is 0 Å². The molecule has 0 spiro atoms. The molecule has 0 N–H and O–H groups in total. The van der Waals surface area contributed by atoms with Crippen LogP contribution in [0.5, 0.6) is 5.75 Å². The van der Waals surface area contributed by atoms with Gasteiger partial charge in [0.05, 0.1) is 7.11 Å². The lowest BCUT2D eigenvalue weighted by Crippen LogP contribution is -2.48. The van der Waals surface area contributed by atoms with Gasteiger partial charge in [0.25, 0.3) is 0 Å². The number of likely N-dealkylation sites (N-methyl/N-ethyl adjacent to an activating group) is 1. The van der Waals surface area contributed by atoms with E-state index in [0.717, 1.165) is 44.0 Å². The van der Waals surface area contributed by atoms with Crippen molar-refractivity contribution in [3.8, 4) is 5.75 Å². The zero-order valence-electron chi connectivity index (χ0n) is 12.2. The molecule has 2 rings (SSSR count). The zero-order valence-corrected chi connectivity index (χ0v) is 12.2. The molecule has 108 valence electrons. The van der Waals surface area contributed by atoms with Crippen LogP contribution in [0.4, 0.5) is 0 Å². The van der Waals surface area contributed by atoms with Crippen molar-refractivity contribution < 1.29 is 9.53 Å². The maximum Gasteiger partial charge on any atom is 0.246 e. The first-order valence-electron chi connectivity index (χ1n) is 7.07. The van der Waals surface area contributed by atoms with Crippen LogP contribution in [0.1, 0.15) is 12.5 Å². The molecule has 20 heavy (non-hydrogen) atoms. The summed E-state index contributed by atoms with van der Waals surface area (Å²) in [5.74, 6) is 0.860. The van der Waals surface area contributed by atoms with Gasteiger partial charge in [-0.15, -0.1) is 0 Å². The first-order chi connectivity index (χ1) is 9.74. The predicted octanol–water partition coefficient (Wildman–Crippen LogP) is 1.87. The van der Waals surface area contributed by atoms with Gasteiger partial charge in [-0.05, 0) is 18.7 Å². The molecule has 1 fully saturated rings. The molecule has 4 heteroatoms. The van der Waals surface area contributed by atoms with Crippen molar-refractivity contribution in [1.29, 1.82) is 0 Å². The van der Waals surface area contributed by atoms with Crippen LogP contribution in [-0.4, -0.2) is 55.5 Å². The van der Waals surface area contributed by atoms with Gasteiger partial charge < -0.3 is 14.5 Å². The average Bonchev–Trinajstić information content (AvgIpc) is 2.53. The summed E-state index contributed by atoms with van der Waals surface area (Å²) in [4.78, 5) is 16.4. The summed E-state index contributed by atoms with van der Waals surface area (Å²) in [6, 6.07) is 7.69. The number of amides is 1. The molecular formula is C16H22N2O2. The summed E-state index contributed by atoms with van der Waals surface area (Å²) in [7, 11) is 1.64. The third-order valence-corrected chi connectivity index (χ3v) is 3.68. The van der Waals surface area contributed by atoms with Crippen LogP contribution in [0.25, 0.3) is 6.08 Å². The molecule has 0 unspecified atom stereocenters. The normalized spacial score (nSPS) is 16.6. The standard InChI is InChI=1S/C16H22N2O2/c1-3-17-10-12-18(13-11-17)16(19)9-8-14-6-4-5-7-15(14)20-2/h4-9H,3,10-13H2,1-2H3. The van der Waals surface area contributed by atoms with E-state index in [4.69, 9.17) is 4.74 Å². The molecule has 1 saturated heterocycles. The second-order valence-electron chi connectivity index (χ2n) is 4.83. The van der Waals surface area contributed by atoms with Gasteiger partial charge >= 0.3 is 0 Å². The number of hydrogen-bond donors (Lipinski definition) is 0. The van der Waals surface area contributed by atoms with Gasteiger partial charge in [0.1, 0.15) is 5.75 Å². The number of rotatable bonds is 4. The van der Waals surface area contributed by atoms with Gasteiger partial charge in [-0.1, -0.05) is 25.1 Å². The summed E-state index contributed by atoms with van der Waals surface area (Å²) in [5.41, 5.74) is 0.926. The average molecular weight is 274 g/mol. The fourth-order valence-corrected chi connectivity index (χ4v) is 2.36. The molecule has 1 amide bonds. The maximum absolute atomic E-state index is 12.1. The number of carbonyl (C=O) groups excluding carboxylic acids is 1. The highest BCUT2D eigenvalue weighted by atomic mass is 16.5. The van der Waals surface area contributed by atoms with Crippen molar-refractivity contribution in [3.63, 3.8) is 0 Å². The molecule has 4 nitrogen and oxygen atoms in total. The van der Waals surface area contributed by atoms with Crippen LogP contribution >= 0.6 is 0 Å². The van der Waals surface area contributed by atoms with E-state index in [1.54, 1.807) is 13.2 Å². The Kier molecular flexibility index (Phi) is 5.18. The Morgan fingerprint density at radius 1 is 1.25 bits per heavy atom. The first-order valence-corrected chi connectivity index (χ1v) is 7.07. The fourth-order valence-electron chi connectivity index (χ4n) is 2.36. The number of piperazine rings is 1. The van der Waals surface area contributed by atoms with Crippen LogP contribution in [0.15, 0.2) is 30.3 Å². The van der Waals surface area contributed by atoms with Crippen LogP contribution in [0.3, 0.4) is 0 Å². The molecule has 1 aromatic rings. The number of benzene rings is 1. The highest BCUT2D eigenvalue weighted by molar-refractivity contribution is 5.92. The molecule has 1 heterocycles. The molecule has 0 atom stereocenters. The lowest BCUT2D eigenvalue weighted by Gasteiger charge is -2.33. The predicted molar refractivity (Wildman–Crippen MR) is 80.7 cm³/mol. The maximum atomic E-state index is 12.1. The van der Waals surface area contributed by atoms with Gasteiger partial charge in [-0.3, -0.25) is 4.79 Å². The minimum atomic E-state index is 0.0756. The molecule has 0 aromatic heterocycles. The second kappa shape index (κ2) is 7.10. The topological polar surface area (TPSA) is 32.8 Å². The van der Waals surface area contributed by atoms with Crippen molar-refractivity contribution >= 4 is 12.0 Å². The fraction of sp³-hybridized carbons (Fsp3) is 0.438. The van der Waals surface area contributed by atoms with Crippen LogP contribution in [-0.2, 0) is 4.79 Å². The Balaban J connectivity index is 1.96. The van der Waals surface area contributed by atoms with E-state index in [0.29, 0.717) is 0 Å². The Morgan fingerprint density at radius 2 is 1.95 bits per heavy atom. The number of para-hydroxylation sites is 1. The molecule has 1 aromatic carbocycles. The summed E-state index contributed by atoms with van der Waals surface area (Å²) in [6.45, 7) is 6.75. The van der Waals surface area contributed by atoms with Crippen LogP contribution in [0.2, 0.25) is 0 Å². The van der Waals surface area contributed by atoms with E-state index in [2.05, 4.69) is 11.8 Å². The number of ether oxygens (including phenoxy) is 1. The highest BCUT2D eigenvalue weighted by Gasteiger charge is 2.18. The van der Waals surface area contributed by atoms with Crippen LogP contribution < -0.4 is 4.74 Å². The van der Waals surface area contributed by atoms with Crippen molar-refractivity contribution in [2.24, 2.45) is 0 Å². The smallest absolute Gasteiger partial charge is 0.246 e. The van der Waals surface area contributed by atoms with Gasteiger partial charge in [0.15, 0.2) is 0 Å². The number of carbonyl (C=O) groups is 1. The largest absolute Gasteiger partial charge is 0.496 e. The Labute approximate surface area is 120 Å². The van der Waals surface area contributed by atoms with Crippen molar-refractivity contribution in [3.05, 3.63) is 35.9 Å². The molecular weight excluding hydrogens is 252 g/mol. The minimum absolute atomic E-state index is 0.0756. The van der Waals surface area contributed by atoms with Crippen molar-refractivity contribution in [2.75, 3.05) is 39.8 Å². The Hall–Kier alpha value is -1.81. The number of methoxy groups -OCH3 is 1. The third kappa shape index (κ3) is 3.61. The lowest BCUT2D eigenvalue weighted by molar-refractivity contribution is -0.127. The summed E-state index contributed by atoms with van der Waals surface area (Å²) >= 11 is 0. The van der Waals surface area contributed by atoms with Crippen molar-refractivity contribution in [2.45, 2.75) is 6.92 Å². The SMILES string of the molecule is CCN1CCN(C(=O)C=Cc2ccccc2OC)CC1. The molecule has 0 radical (unpaired) electrons. The Morgan fingerprint density at radius 3 is 2.60 bits per heavy atom. The molecule has 1 aliphatic rings. The zero-order chi connectivity index (χ0) is 14.4. The van der Waals surface area contributed by atoms with Gasteiger partial charge in [-0.25, -0.2) is 0 Å². The van der Waals surface area contributed by atoms with Crippen LogP contribution in [0, 0.1) is 0 Å². The summed E-state index contributed by atoms with van der Waals surface area (Å²) in [5, 5.41) is 0. The highest BCUT2D eigenvalue weighted by Crippen LogP contribution is 2.18. The molecule has 0 saturated carbocycles. The summed E-state index contributed by atoms with van der Waals surface area (Å²) < 4.78 is 5.27. The lowest BCUT2D eigenvalue weighted by atomic mass is 10.2. The number of nitrogens with zero attached hydrogens (tertiary/aromatic N) is 2. The monoisotopic (exact) mass is 274 g/mol. The van der Waals surface area contributed by atoms with E-state index < -0.39 is 0 Å². The third-order valence-electron chi connectivity index (χ3n) is 3.68. The second-order valence-corrected chi connectivity index (χ2v) is 4.83. The molecule has 1 aliphatic heterocycles. The van der Waals surface area contributed by atoms with Gasteiger partial charge in [-0.2, -0.15) is 0 Å². The van der Waals surface area contributed by atoms with Gasteiger partial charge in [0.2, 0.25) is 5.91 Å². The van der Waals surface area contributed by atoms with E-state index >= 15 is 0 Å². The van der Waals surface area contributed by atoms with E-state index in [-0.39, 0.29) is 5.91 Å². The molecule has 0 aliphatic carbocycles. The van der Waals surface area contributed by atoms with E-state index in [1.807, 2.05) is 35.2 Å². The quantitative estimate of drug-likeness (QED) is 0.786. The first kappa shape index (κ1) is 14.6. The van der Waals surface area contributed by atoms with Crippen molar-refractivity contribution in [1.82, 2.24) is 9.80 Å². The minimum Gasteiger partial charge on any atom is -0.496 e. The number of hydrogen-bond acceptors (Lipinski definition) is 3. The van der Waals surface area contributed by atoms with E-state index in [9.17, 15) is 4.79 Å². The Bertz CT molecular complexity index is 477. The molecule has 0 bridgehead atoms. The van der Waals surface area contributed by atoms with Gasteiger partial charge in [0, 0.05) is 37.8 Å².